The number of aromatic hydroxyl groups is 1. The van der Waals surface area contributed by atoms with Crippen LogP contribution in [0.15, 0.2) is 23.8 Å². The predicted molar refractivity (Wildman–Crippen MR) is 133 cm³/mol. The largest absolute Gasteiger partial charge is 0.508 e. The molecule has 0 saturated heterocycles. The van der Waals surface area contributed by atoms with Crippen molar-refractivity contribution in [3.63, 3.8) is 0 Å². The first-order valence-electron chi connectivity index (χ1n) is 12.9. The summed E-state index contributed by atoms with van der Waals surface area (Å²) in [5.74, 6) is 1.82. The molecule has 1 N–H and O–H groups in total. The number of phenols is 1. The van der Waals surface area contributed by atoms with Gasteiger partial charge in [-0.05, 0) is 68.2 Å². The zero-order valence-corrected chi connectivity index (χ0v) is 21.2. The van der Waals surface area contributed by atoms with Crippen molar-refractivity contribution in [2.24, 2.45) is 5.92 Å². The van der Waals surface area contributed by atoms with E-state index in [0.29, 0.717) is 18.6 Å². The number of hydrogen-bond acceptors (Lipinski definition) is 3. The number of ether oxygens (including phenoxy) is 1. The number of rotatable bonds is 10. The van der Waals surface area contributed by atoms with Gasteiger partial charge in [0, 0.05) is 23.8 Å². The SMILES string of the molecule is CCCCCCC(C)(C)c1cc(O)c2c(c1)OC(C)(C)[C@@H]1CC=C(C(=O)CCCC)C[C@@H]21. The number of fused-ring (bicyclic) bond motifs is 3. The number of carbonyl (C=O) groups excluding carboxylic acids is 1. The Kier molecular flexibility index (Phi) is 7.78. The molecule has 3 heteroatoms. The average molecular weight is 441 g/mol. The summed E-state index contributed by atoms with van der Waals surface area (Å²) in [6.45, 7) is 13.2. The van der Waals surface area contributed by atoms with Crippen molar-refractivity contribution < 1.29 is 14.6 Å². The van der Waals surface area contributed by atoms with E-state index in [1.807, 2.05) is 6.07 Å². The van der Waals surface area contributed by atoms with Crippen LogP contribution in [0.2, 0.25) is 0 Å². The van der Waals surface area contributed by atoms with Crippen molar-refractivity contribution in [1.82, 2.24) is 0 Å². The van der Waals surface area contributed by atoms with Crippen molar-refractivity contribution >= 4 is 5.78 Å². The second kappa shape index (κ2) is 10.0. The molecule has 0 amide bonds. The quantitative estimate of drug-likeness (QED) is 0.375. The Hall–Kier alpha value is -1.77. The molecule has 0 radical (unpaired) electrons. The van der Waals surface area contributed by atoms with Gasteiger partial charge in [0.15, 0.2) is 5.78 Å². The molecule has 1 aromatic carbocycles. The Morgan fingerprint density at radius 3 is 2.53 bits per heavy atom. The highest BCUT2D eigenvalue weighted by Crippen LogP contribution is 2.55. The van der Waals surface area contributed by atoms with Gasteiger partial charge in [0.05, 0.1) is 0 Å². The Morgan fingerprint density at radius 1 is 1.12 bits per heavy atom. The van der Waals surface area contributed by atoms with Gasteiger partial charge in [-0.1, -0.05) is 65.9 Å². The summed E-state index contributed by atoms with van der Waals surface area (Å²) < 4.78 is 6.53. The number of unbranched alkanes of at least 4 members (excludes halogenated alkanes) is 4. The second-order valence-corrected chi connectivity index (χ2v) is 11.2. The van der Waals surface area contributed by atoms with Gasteiger partial charge in [0.25, 0.3) is 0 Å². The molecule has 0 unspecified atom stereocenters. The normalized spacial score (nSPS) is 21.9. The molecule has 0 bridgehead atoms. The lowest BCUT2D eigenvalue weighted by atomic mass is 9.66. The van der Waals surface area contributed by atoms with Crippen molar-refractivity contribution in [1.29, 1.82) is 0 Å². The van der Waals surface area contributed by atoms with E-state index in [1.165, 1.54) is 25.7 Å². The van der Waals surface area contributed by atoms with E-state index in [0.717, 1.165) is 48.1 Å². The number of ketones is 1. The smallest absolute Gasteiger partial charge is 0.158 e. The highest BCUT2D eigenvalue weighted by molar-refractivity contribution is 5.95. The van der Waals surface area contributed by atoms with Gasteiger partial charge in [-0.2, -0.15) is 0 Å². The first-order chi connectivity index (χ1) is 15.1. The summed E-state index contributed by atoms with van der Waals surface area (Å²) in [5.41, 5.74) is 2.66. The zero-order valence-electron chi connectivity index (χ0n) is 21.2. The summed E-state index contributed by atoms with van der Waals surface area (Å²) >= 11 is 0. The molecule has 1 heterocycles. The number of carbonyl (C=O) groups is 1. The van der Waals surface area contributed by atoms with Crippen molar-refractivity contribution in [3.05, 3.63) is 34.9 Å². The number of benzene rings is 1. The maximum absolute atomic E-state index is 12.8. The highest BCUT2D eigenvalue weighted by Gasteiger charge is 2.47. The van der Waals surface area contributed by atoms with Crippen LogP contribution in [0.3, 0.4) is 0 Å². The van der Waals surface area contributed by atoms with Gasteiger partial charge in [0.1, 0.15) is 17.1 Å². The van der Waals surface area contributed by atoms with Crippen LogP contribution >= 0.6 is 0 Å². The van der Waals surface area contributed by atoms with Crippen molar-refractivity contribution in [2.75, 3.05) is 0 Å². The number of allylic oxidation sites excluding steroid dienone is 2. The summed E-state index contributed by atoms with van der Waals surface area (Å²) in [6.07, 6.45) is 12.3. The minimum atomic E-state index is -0.331. The Bertz CT molecular complexity index is 846. The molecule has 1 aromatic rings. The van der Waals surface area contributed by atoms with E-state index in [1.54, 1.807) is 0 Å². The van der Waals surface area contributed by atoms with Crippen LogP contribution in [0.4, 0.5) is 0 Å². The minimum absolute atomic E-state index is 0.0155. The van der Waals surface area contributed by atoms with Crippen LogP contribution in [0.25, 0.3) is 0 Å². The Balaban J connectivity index is 1.90. The molecule has 0 saturated carbocycles. The molecular weight excluding hydrogens is 396 g/mol. The van der Waals surface area contributed by atoms with Crippen LogP contribution in [0.5, 0.6) is 11.5 Å². The van der Waals surface area contributed by atoms with E-state index in [4.69, 9.17) is 4.74 Å². The summed E-state index contributed by atoms with van der Waals surface area (Å²) in [4.78, 5) is 12.8. The molecule has 0 aromatic heterocycles. The number of Topliss-reactive ketones (excluding diaryl/α,β-unsaturated/α-hetero) is 1. The monoisotopic (exact) mass is 440 g/mol. The van der Waals surface area contributed by atoms with Crippen molar-refractivity contribution in [3.8, 4) is 11.5 Å². The van der Waals surface area contributed by atoms with Gasteiger partial charge in [0.2, 0.25) is 0 Å². The topological polar surface area (TPSA) is 46.5 Å². The lowest BCUT2D eigenvalue weighted by Gasteiger charge is -2.47. The molecule has 32 heavy (non-hydrogen) atoms. The molecule has 1 aliphatic carbocycles. The van der Waals surface area contributed by atoms with E-state index in [9.17, 15) is 9.90 Å². The molecule has 3 nitrogen and oxygen atoms in total. The third-order valence-corrected chi connectivity index (χ3v) is 7.85. The number of hydrogen-bond donors (Lipinski definition) is 1. The van der Waals surface area contributed by atoms with Crippen LogP contribution < -0.4 is 4.74 Å². The fourth-order valence-corrected chi connectivity index (χ4v) is 5.65. The molecule has 2 atom stereocenters. The van der Waals surface area contributed by atoms with Gasteiger partial charge in [-0.15, -0.1) is 0 Å². The molecule has 2 aliphatic rings. The maximum Gasteiger partial charge on any atom is 0.158 e. The molecule has 3 rings (SSSR count). The summed E-state index contributed by atoms with van der Waals surface area (Å²) in [7, 11) is 0. The summed E-state index contributed by atoms with van der Waals surface area (Å²) in [6, 6.07) is 4.14. The maximum atomic E-state index is 12.8. The van der Waals surface area contributed by atoms with E-state index >= 15 is 0 Å². The third kappa shape index (κ3) is 5.24. The lowest BCUT2D eigenvalue weighted by molar-refractivity contribution is -0.116. The van der Waals surface area contributed by atoms with Crippen LogP contribution in [-0.4, -0.2) is 16.5 Å². The lowest BCUT2D eigenvalue weighted by Crippen LogP contribution is -2.46. The van der Waals surface area contributed by atoms with E-state index < -0.39 is 0 Å². The van der Waals surface area contributed by atoms with Gasteiger partial charge in [-0.25, -0.2) is 0 Å². The zero-order chi connectivity index (χ0) is 23.5. The van der Waals surface area contributed by atoms with Crippen LogP contribution in [0.1, 0.15) is 123 Å². The fourth-order valence-electron chi connectivity index (χ4n) is 5.65. The van der Waals surface area contributed by atoms with Gasteiger partial charge in [-0.3, -0.25) is 4.79 Å². The Morgan fingerprint density at radius 2 is 1.84 bits per heavy atom. The molecule has 0 fully saturated rings. The van der Waals surface area contributed by atoms with Crippen molar-refractivity contribution in [2.45, 2.75) is 123 Å². The van der Waals surface area contributed by atoms with Crippen LogP contribution in [-0.2, 0) is 10.2 Å². The highest BCUT2D eigenvalue weighted by atomic mass is 16.5. The first kappa shape index (κ1) is 24.9. The van der Waals surface area contributed by atoms with Gasteiger partial charge >= 0.3 is 0 Å². The average Bonchev–Trinajstić information content (AvgIpc) is 2.73. The minimum Gasteiger partial charge on any atom is -0.508 e. The Labute approximate surface area is 195 Å². The molecular formula is C29H44O3. The number of phenolic OH excluding ortho intramolecular Hbond substituents is 1. The van der Waals surface area contributed by atoms with E-state index in [-0.39, 0.29) is 28.6 Å². The van der Waals surface area contributed by atoms with Gasteiger partial charge < -0.3 is 9.84 Å². The summed E-state index contributed by atoms with van der Waals surface area (Å²) in [5, 5.41) is 11.2. The fraction of sp³-hybridized carbons (Fsp3) is 0.690. The second-order valence-electron chi connectivity index (χ2n) is 11.2. The predicted octanol–water partition coefficient (Wildman–Crippen LogP) is 7.99. The standard InChI is InChI=1S/C29H44O3/c1-7-9-11-12-16-28(3,4)21-18-25(31)27-22-17-20(24(30)13-10-8-2)14-15-23(22)29(5,6)32-26(27)19-21/h14,18-19,22-23,31H,7-13,15-17H2,1-6H3/t22-,23-/m1/s1. The first-order valence-corrected chi connectivity index (χ1v) is 12.9. The molecule has 1 aliphatic heterocycles. The molecule has 178 valence electrons. The molecule has 0 spiro atoms. The third-order valence-electron chi connectivity index (χ3n) is 7.85. The van der Waals surface area contributed by atoms with Crippen LogP contribution in [0, 0.1) is 5.92 Å². The van der Waals surface area contributed by atoms with E-state index in [2.05, 4.69) is 53.7 Å².